The summed E-state index contributed by atoms with van der Waals surface area (Å²) in [4.78, 5) is 0. The highest BCUT2D eigenvalue weighted by atomic mass is 16.5. The van der Waals surface area contributed by atoms with Gasteiger partial charge in [-0.1, -0.05) is 0 Å². The van der Waals surface area contributed by atoms with E-state index in [4.69, 9.17) is 16.2 Å². The van der Waals surface area contributed by atoms with E-state index >= 15 is 0 Å². The maximum absolute atomic E-state index is 9.51. The van der Waals surface area contributed by atoms with Crippen LogP contribution in [-0.4, -0.2) is 18.3 Å². The predicted molar refractivity (Wildman–Crippen MR) is 55.3 cm³/mol. The van der Waals surface area contributed by atoms with Gasteiger partial charge in [-0.2, -0.15) is 0 Å². The summed E-state index contributed by atoms with van der Waals surface area (Å²) in [7, 11) is 0. The van der Waals surface area contributed by atoms with Crippen LogP contribution in [0.15, 0.2) is 18.2 Å². The van der Waals surface area contributed by atoms with E-state index < -0.39 is 0 Å². The fourth-order valence-electron chi connectivity index (χ4n) is 1.21. The van der Waals surface area contributed by atoms with Crippen LogP contribution in [0.1, 0.15) is 18.5 Å². The molecule has 0 amide bonds. The highest BCUT2D eigenvalue weighted by Crippen LogP contribution is 2.26. The van der Waals surface area contributed by atoms with Crippen molar-refractivity contribution in [1.82, 2.24) is 0 Å². The number of aromatic hydroxyl groups is 1. The van der Waals surface area contributed by atoms with Gasteiger partial charge in [-0.15, -0.1) is 0 Å². The zero-order valence-corrected chi connectivity index (χ0v) is 8.23. The van der Waals surface area contributed by atoms with E-state index in [1.807, 2.05) is 6.92 Å². The van der Waals surface area contributed by atoms with Crippen molar-refractivity contribution in [3.05, 3.63) is 23.8 Å². The Morgan fingerprint density at radius 2 is 2.21 bits per heavy atom. The Hall–Kier alpha value is -1.26. The number of ether oxygens (including phenoxy) is 1. The molecule has 0 saturated heterocycles. The van der Waals surface area contributed by atoms with Crippen molar-refractivity contribution < 1.29 is 9.84 Å². The van der Waals surface area contributed by atoms with Crippen LogP contribution < -0.4 is 16.2 Å². The third-order valence-corrected chi connectivity index (χ3v) is 1.96. The van der Waals surface area contributed by atoms with Crippen molar-refractivity contribution in [3.63, 3.8) is 0 Å². The van der Waals surface area contributed by atoms with Crippen LogP contribution in [0, 0.1) is 0 Å². The lowest BCUT2D eigenvalue weighted by atomic mass is 10.1. The van der Waals surface area contributed by atoms with Crippen LogP contribution in [-0.2, 0) is 0 Å². The lowest BCUT2D eigenvalue weighted by Crippen LogP contribution is -2.20. The van der Waals surface area contributed by atoms with E-state index in [1.54, 1.807) is 18.2 Å². The molecule has 0 aromatic heterocycles. The second-order valence-electron chi connectivity index (χ2n) is 3.00. The third-order valence-electron chi connectivity index (χ3n) is 1.96. The Bertz CT molecular complexity index is 302. The normalized spacial score (nSPS) is 12.5. The first-order valence-corrected chi connectivity index (χ1v) is 4.60. The quantitative estimate of drug-likeness (QED) is 0.663. The maximum atomic E-state index is 9.51. The van der Waals surface area contributed by atoms with Crippen molar-refractivity contribution in [2.45, 2.75) is 13.0 Å². The second kappa shape index (κ2) is 4.83. The fraction of sp³-hybridized carbons (Fsp3) is 0.400. The molecule has 0 radical (unpaired) electrons. The molecule has 0 unspecified atom stereocenters. The predicted octanol–water partition coefficient (Wildman–Crippen LogP) is 0.749. The number of rotatable bonds is 4. The molecule has 0 fully saturated rings. The van der Waals surface area contributed by atoms with Crippen molar-refractivity contribution >= 4 is 0 Å². The van der Waals surface area contributed by atoms with Crippen molar-refractivity contribution in [2.75, 3.05) is 13.2 Å². The van der Waals surface area contributed by atoms with Gasteiger partial charge in [0.15, 0.2) is 0 Å². The van der Waals surface area contributed by atoms with Gasteiger partial charge in [0.1, 0.15) is 11.5 Å². The highest BCUT2D eigenvalue weighted by molar-refractivity contribution is 5.41. The van der Waals surface area contributed by atoms with E-state index in [1.165, 1.54) is 0 Å². The van der Waals surface area contributed by atoms with Gasteiger partial charge < -0.3 is 21.3 Å². The van der Waals surface area contributed by atoms with Gasteiger partial charge in [0.05, 0.1) is 6.61 Å². The van der Waals surface area contributed by atoms with Crippen LogP contribution in [0.3, 0.4) is 0 Å². The number of phenolic OH excluding ortho intramolecular Hbond substituents is 1. The topological polar surface area (TPSA) is 81.5 Å². The molecule has 0 bridgehead atoms. The molecule has 0 aliphatic carbocycles. The Kier molecular flexibility index (Phi) is 3.73. The summed E-state index contributed by atoms with van der Waals surface area (Å²) in [6.07, 6.45) is 0. The lowest BCUT2D eigenvalue weighted by Gasteiger charge is -2.12. The average molecular weight is 196 g/mol. The Morgan fingerprint density at radius 3 is 2.79 bits per heavy atom. The minimum Gasteiger partial charge on any atom is -0.508 e. The van der Waals surface area contributed by atoms with Crippen LogP contribution >= 0.6 is 0 Å². The molecule has 0 spiro atoms. The molecule has 1 rings (SSSR count). The van der Waals surface area contributed by atoms with Gasteiger partial charge >= 0.3 is 0 Å². The zero-order chi connectivity index (χ0) is 10.6. The van der Waals surface area contributed by atoms with Crippen LogP contribution in [0.4, 0.5) is 0 Å². The SMILES string of the molecule is CCOc1ccc(O)c([C@H](N)CN)c1. The van der Waals surface area contributed by atoms with E-state index in [0.29, 0.717) is 24.5 Å². The van der Waals surface area contributed by atoms with E-state index in [0.717, 1.165) is 0 Å². The fourth-order valence-corrected chi connectivity index (χ4v) is 1.21. The lowest BCUT2D eigenvalue weighted by molar-refractivity contribution is 0.338. The molecule has 14 heavy (non-hydrogen) atoms. The monoisotopic (exact) mass is 196 g/mol. The summed E-state index contributed by atoms with van der Waals surface area (Å²) in [6, 6.07) is 4.63. The van der Waals surface area contributed by atoms with Crippen molar-refractivity contribution in [1.29, 1.82) is 0 Å². The summed E-state index contributed by atoms with van der Waals surface area (Å²) in [6.45, 7) is 2.78. The first-order valence-electron chi connectivity index (χ1n) is 4.60. The van der Waals surface area contributed by atoms with E-state index in [2.05, 4.69) is 0 Å². The first-order chi connectivity index (χ1) is 6.69. The number of phenols is 1. The average Bonchev–Trinajstić information content (AvgIpc) is 2.20. The third kappa shape index (κ3) is 2.37. The van der Waals surface area contributed by atoms with Gasteiger partial charge in [0.25, 0.3) is 0 Å². The molecule has 1 aromatic rings. The van der Waals surface area contributed by atoms with Gasteiger partial charge in [0, 0.05) is 18.2 Å². The number of benzene rings is 1. The van der Waals surface area contributed by atoms with Gasteiger partial charge in [-0.05, 0) is 25.1 Å². The van der Waals surface area contributed by atoms with Gasteiger partial charge in [-0.25, -0.2) is 0 Å². The Labute approximate surface area is 83.5 Å². The molecular weight excluding hydrogens is 180 g/mol. The number of hydrogen-bond acceptors (Lipinski definition) is 4. The maximum Gasteiger partial charge on any atom is 0.120 e. The first kappa shape index (κ1) is 10.8. The van der Waals surface area contributed by atoms with E-state index in [9.17, 15) is 5.11 Å². The van der Waals surface area contributed by atoms with Gasteiger partial charge in [-0.3, -0.25) is 0 Å². The molecule has 78 valence electrons. The molecule has 5 N–H and O–H groups in total. The Balaban J connectivity index is 2.95. The van der Waals surface area contributed by atoms with Crippen LogP contribution in [0.25, 0.3) is 0 Å². The second-order valence-corrected chi connectivity index (χ2v) is 3.00. The highest BCUT2D eigenvalue weighted by Gasteiger charge is 2.10. The molecular formula is C10H16N2O2. The summed E-state index contributed by atoms with van der Waals surface area (Å²) in [5, 5.41) is 9.51. The minimum absolute atomic E-state index is 0.159. The Morgan fingerprint density at radius 1 is 1.50 bits per heavy atom. The van der Waals surface area contributed by atoms with Crippen LogP contribution in [0.2, 0.25) is 0 Å². The van der Waals surface area contributed by atoms with Crippen molar-refractivity contribution in [3.8, 4) is 11.5 Å². The van der Waals surface area contributed by atoms with Crippen LogP contribution in [0.5, 0.6) is 11.5 Å². The summed E-state index contributed by atoms with van der Waals surface area (Å²) >= 11 is 0. The minimum atomic E-state index is -0.351. The smallest absolute Gasteiger partial charge is 0.120 e. The summed E-state index contributed by atoms with van der Waals surface area (Å²) in [5.41, 5.74) is 11.8. The molecule has 4 nitrogen and oxygen atoms in total. The molecule has 1 atom stereocenters. The molecule has 0 aliphatic heterocycles. The standard InChI is InChI=1S/C10H16N2O2/c1-2-14-7-3-4-10(13)8(5-7)9(12)6-11/h3-5,9,13H,2,6,11-12H2,1H3/t9-/m1/s1. The van der Waals surface area contributed by atoms with Crippen molar-refractivity contribution in [2.24, 2.45) is 11.5 Å². The molecule has 0 saturated carbocycles. The number of hydrogen-bond donors (Lipinski definition) is 3. The van der Waals surface area contributed by atoms with Gasteiger partial charge in [0.2, 0.25) is 0 Å². The number of nitrogens with two attached hydrogens (primary N) is 2. The van der Waals surface area contributed by atoms with E-state index in [-0.39, 0.29) is 11.8 Å². The summed E-state index contributed by atoms with van der Waals surface area (Å²) in [5.74, 6) is 0.857. The molecule has 4 heteroatoms. The zero-order valence-electron chi connectivity index (χ0n) is 8.23. The molecule has 1 aromatic carbocycles. The summed E-state index contributed by atoms with van der Waals surface area (Å²) < 4.78 is 5.29. The molecule has 0 aliphatic rings. The largest absolute Gasteiger partial charge is 0.508 e. The molecule has 0 heterocycles.